The van der Waals surface area contributed by atoms with E-state index in [0.29, 0.717) is 5.56 Å². The number of methoxy groups -OCH3 is 1. The van der Waals surface area contributed by atoms with Crippen LogP contribution in [0.15, 0.2) is 36.4 Å². The number of anilines is 1. The van der Waals surface area contributed by atoms with Gasteiger partial charge in [-0.2, -0.15) is 0 Å². The van der Waals surface area contributed by atoms with E-state index in [-0.39, 0.29) is 18.7 Å². The van der Waals surface area contributed by atoms with E-state index in [1.807, 2.05) is 24.3 Å². The maximum absolute atomic E-state index is 12.4. The number of benzene rings is 2. The number of nitrogens with one attached hydrogen (secondary N) is 2. The van der Waals surface area contributed by atoms with Crippen molar-refractivity contribution < 1.29 is 24.1 Å². The number of hydrogen-bond donors (Lipinski definition) is 2. The molecule has 0 aromatic heterocycles. The molecular formula is C19H16N4O7. The number of ether oxygens (including phenoxy) is 2. The van der Waals surface area contributed by atoms with Crippen LogP contribution in [-0.2, 0) is 14.9 Å². The Bertz CT molecular complexity index is 1140. The van der Waals surface area contributed by atoms with Crippen LogP contribution < -0.4 is 15.4 Å². The topological polar surface area (TPSA) is 146 Å². The van der Waals surface area contributed by atoms with E-state index in [0.717, 1.165) is 17.3 Å². The van der Waals surface area contributed by atoms with E-state index >= 15 is 0 Å². The lowest BCUT2D eigenvalue weighted by atomic mass is 9.64. The summed E-state index contributed by atoms with van der Waals surface area (Å²) in [6.07, 6.45) is 0.148. The molecule has 2 aromatic rings. The van der Waals surface area contributed by atoms with Crippen LogP contribution >= 0.6 is 0 Å². The van der Waals surface area contributed by atoms with Gasteiger partial charge in [-0.3, -0.25) is 30.3 Å². The maximum Gasteiger partial charge on any atom is 0.322 e. The first-order chi connectivity index (χ1) is 14.3. The van der Waals surface area contributed by atoms with E-state index in [2.05, 4.69) is 10.6 Å². The third kappa shape index (κ3) is 2.09. The lowest BCUT2D eigenvalue weighted by Gasteiger charge is -2.45. The average Bonchev–Trinajstić information content (AvgIpc) is 3.18. The number of nitrogens with zero attached hydrogens (tertiary/aromatic N) is 2. The van der Waals surface area contributed by atoms with Crippen LogP contribution in [0.25, 0.3) is 0 Å². The Balaban J connectivity index is 1.83. The molecule has 1 fully saturated rings. The van der Waals surface area contributed by atoms with Gasteiger partial charge in [0.15, 0.2) is 0 Å². The monoisotopic (exact) mass is 412 g/mol. The Morgan fingerprint density at radius 3 is 2.67 bits per heavy atom. The summed E-state index contributed by atoms with van der Waals surface area (Å²) in [6, 6.07) is 8.81. The van der Waals surface area contributed by atoms with Crippen LogP contribution in [0.3, 0.4) is 0 Å². The lowest BCUT2D eigenvalue weighted by molar-refractivity contribution is -0.394. The SMILES string of the molecule is COC(=O)[C@@H]1C[C@]23c4ccccc4N[C@]2(CN1)Oc1c([N+](=O)[O-])cc([N+](=O)[O-])cc13. The third-order valence-corrected chi connectivity index (χ3v) is 6.20. The van der Waals surface area contributed by atoms with Crippen LogP contribution in [0.4, 0.5) is 17.1 Å². The molecule has 0 radical (unpaired) electrons. The summed E-state index contributed by atoms with van der Waals surface area (Å²) in [5, 5.41) is 29.6. The molecule has 0 aliphatic carbocycles. The number of hydrogen-bond acceptors (Lipinski definition) is 9. The fourth-order valence-electron chi connectivity index (χ4n) is 4.99. The van der Waals surface area contributed by atoms with Gasteiger partial charge in [0.05, 0.1) is 35.0 Å². The highest BCUT2D eigenvalue weighted by Gasteiger charge is 2.70. The van der Waals surface area contributed by atoms with Crippen molar-refractivity contribution in [1.82, 2.24) is 5.32 Å². The van der Waals surface area contributed by atoms with Crippen LogP contribution in [0.5, 0.6) is 5.75 Å². The molecule has 30 heavy (non-hydrogen) atoms. The van der Waals surface area contributed by atoms with Crippen LogP contribution in [-0.4, -0.2) is 41.2 Å². The van der Waals surface area contributed by atoms with E-state index < -0.39 is 44.4 Å². The number of carbonyl (C=O) groups excluding carboxylic acids is 1. The van der Waals surface area contributed by atoms with E-state index in [9.17, 15) is 25.0 Å². The second-order valence-electron chi connectivity index (χ2n) is 7.52. The quantitative estimate of drug-likeness (QED) is 0.438. The second-order valence-corrected chi connectivity index (χ2v) is 7.52. The lowest BCUT2D eigenvalue weighted by Crippen LogP contribution is -2.67. The number of nitro benzene ring substituents is 2. The highest BCUT2D eigenvalue weighted by molar-refractivity contribution is 5.81. The van der Waals surface area contributed by atoms with Gasteiger partial charge in [-0.25, -0.2) is 0 Å². The Kier molecular flexibility index (Phi) is 3.59. The predicted molar refractivity (Wildman–Crippen MR) is 102 cm³/mol. The minimum Gasteiger partial charge on any atom is -0.468 e. The summed E-state index contributed by atoms with van der Waals surface area (Å²) in [5.41, 5.74) is -1.31. The first kappa shape index (κ1) is 18.3. The fraction of sp³-hybridized carbons (Fsp3) is 0.316. The van der Waals surface area contributed by atoms with Gasteiger partial charge >= 0.3 is 11.7 Å². The van der Waals surface area contributed by atoms with Gasteiger partial charge in [0.1, 0.15) is 6.04 Å². The van der Waals surface area contributed by atoms with Gasteiger partial charge in [-0.1, -0.05) is 18.2 Å². The van der Waals surface area contributed by atoms with Crippen LogP contribution in [0, 0.1) is 20.2 Å². The Hall–Kier alpha value is -3.73. The molecule has 0 bridgehead atoms. The van der Waals surface area contributed by atoms with Crippen LogP contribution in [0.2, 0.25) is 0 Å². The van der Waals surface area contributed by atoms with Crippen molar-refractivity contribution >= 4 is 23.0 Å². The van der Waals surface area contributed by atoms with Crippen molar-refractivity contribution in [3.8, 4) is 5.75 Å². The highest BCUT2D eigenvalue weighted by atomic mass is 16.6. The van der Waals surface area contributed by atoms with Gasteiger partial charge in [-0.05, 0) is 18.1 Å². The number of nitro groups is 2. The zero-order valence-electron chi connectivity index (χ0n) is 15.7. The molecule has 3 aliphatic heterocycles. The van der Waals surface area contributed by atoms with Gasteiger partial charge in [0.2, 0.25) is 11.5 Å². The average molecular weight is 412 g/mol. The van der Waals surface area contributed by atoms with Crippen molar-refractivity contribution in [2.75, 3.05) is 19.0 Å². The van der Waals surface area contributed by atoms with Crippen molar-refractivity contribution in [2.45, 2.75) is 23.6 Å². The molecule has 3 atom stereocenters. The molecule has 0 unspecified atom stereocenters. The number of non-ortho nitro benzene ring substituents is 1. The van der Waals surface area contributed by atoms with E-state index in [4.69, 9.17) is 9.47 Å². The summed E-state index contributed by atoms with van der Waals surface area (Å²) >= 11 is 0. The summed E-state index contributed by atoms with van der Waals surface area (Å²) in [7, 11) is 1.28. The highest BCUT2D eigenvalue weighted by Crippen LogP contribution is 2.64. The first-order valence-electron chi connectivity index (χ1n) is 9.18. The molecule has 3 aliphatic rings. The van der Waals surface area contributed by atoms with Gasteiger partial charge < -0.3 is 14.8 Å². The fourth-order valence-corrected chi connectivity index (χ4v) is 4.99. The molecule has 2 N–H and O–H groups in total. The maximum atomic E-state index is 12.4. The zero-order valence-corrected chi connectivity index (χ0v) is 15.7. The number of rotatable bonds is 3. The first-order valence-corrected chi connectivity index (χ1v) is 9.18. The standard InChI is InChI=1S/C19H16N4O7/c1-29-17(24)14-8-18-11-4-2-3-5-13(11)21-19(18,9-20-14)30-16-12(18)6-10(22(25)26)7-15(16)23(27)28/h2-7,14,20-21H,8-9H2,1H3/t14-,18+,19+/m0/s1. The molecule has 0 amide bonds. The predicted octanol–water partition coefficient (Wildman–Crippen LogP) is 1.84. The molecule has 0 saturated carbocycles. The number of carbonyl (C=O) groups is 1. The molecule has 2 aromatic carbocycles. The Morgan fingerprint density at radius 1 is 1.20 bits per heavy atom. The normalized spacial score (nSPS) is 27.6. The Labute approximate surface area is 169 Å². The second kappa shape index (κ2) is 5.89. The third-order valence-electron chi connectivity index (χ3n) is 6.20. The molecule has 3 heterocycles. The summed E-state index contributed by atoms with van der Waals surface area (Å²) in [4.78, 5) is 34.2. The van der Waals surface area contributed by atoms with Gasteiger partial charge in [0.25, 0.3) is 5.69 Å². The summed E-state index contributed by atoms with van der Waals surface area (Å²) in [6.45, 7) is 0.126. The van der Waals surface area contributed by atoms with E-state index in [1.54, 1.807) is 0 Å². The molecular weight excluding hydrogens is 396 g/mol. The molecule has 11 heteroatoms. The summed E-state index contributed by atoms with van der Waals surface area (Å²) in [5.74, 6) is -0.518. The zero-order chi connectivity index (χ0) is 21.3. The number of fused-ring (bicyclic) bond motifs is 2. The van der Waals surface area contributed by atoms with E-state index in [1.165, 1.54) is 13.2 Å². The van der Waals surface area contributed by atoms with Crippen molar-refractivity contribution in [2.24, 2.45) is 0 Å². The van der Waals surface area contributed by atoms with Crippen molar-refractivity contribution in [3.63, 3.8) is 0 Å². The smallest absolute Gasteiger partial charge is 0.322 e. The largest absolute Gasteiger partial charge is 0.468 e. The van der Waals surface area contributed by atoms with Crippen molar-refractivity contribution in [1.29, 1.82) is 0 Å². The molecule has 1 saturated heterocycles. The van der Waals surface area contributed by atoms with Crippen molar-refractivity contribution in [3.05, 3.63) is 67.8 Å². The van der Waals surface area contributed by atoms with Gasteiger partial charge in [0, 0.05) is 17.3 Å². The molecule has 5 rings (SSSR count). The minimum absolute atomic E-state index is 0.0279. The van der Waals surface area contributed by atoms with Gasteiger partial charge in [-0.15, -0.1) is 0 Å². The number of esters is 1. The van der Waals surface area contributed by atoms with Crippen LogP contribution in [0.1, 0.15) is 17.5 Å². The molecule has 0 spiro atoms. The molecule has 154 valence electrons. The number of para-hydroxylation sites is 1. The summed E-state index contributed by atoms with van der Waals surface area (Å²) < 4.78 is 11.1. The number of piperidine rings is 1. The minimum atomic E-state index is -1.18. The Morgan fingerprint density at radius 2 is 1.97 bits per heavy atom. The molecule has 11 nitrogen and oxygen atoms in total.